The van der Waals surface area contributed by atoms with Gasteiger partial charge in [0, 0.05) is 11.8 Å². The van der Waals surface area contributed by atoms with Crippen molar-refractivity contribution in [2.45, 2.75) is 11.8 Å². The minimum Gasteiger partial charge on any atom is -0.426 e. The first-order valence-electron chi connectivity index (χ1n) is 5.71. The number of carbonyl (C=O) groups excluding carboxylic acids is 2. The number of benzene rings is 2. The van der Waals surface area contributed by atoms with Crippen LogP contribution < -0.4 is 4.74 Å². The van der Waals surface area contributed by atoms with Crippen molar-refractivity contribution in [3.63, 3.8) is 0 Å². The zero-order valence-electron chi connectivity index (χ0n) is 10.3. The van der Waals surface area contributed by atoms with Crippen LogP contribution in [-0.4, -0.2) is 11.1 Å². The molecule has 2 aromatic rings. The normalized spacial score (nSPS) is 9.95. The van der Waals surface area contributed by atoms with E-state index >= 15 is 0 Å². The van der Waals surface area contributed by atoms with Crippen molar-refractivity contribution < 1.29 is 14.3 Å². The average molecular weight is 272 g/mol. The lowest BCUT2D eigenvalue weighted by atomic mass is 10.2. The Morgan fingerprint density at radius 2 is 1.58 bits per heavy atom. The molecule has 2 aromatic carbocycles. The number of hydrogen-bond donors (Lipinski definition) is 0. The first-order chi connectivity index (χ1) is 9.16. The second kappa shape index (κ2) is 6.20. The molecule has 0 radical (unpaired) electrons. The molecule has 2 rings (SSSR count). The summed E-state index contributed by atoms with van der Waals surface area (Å²) in [4.78, 5) is 24.0. The van der Waals surface area contributed by atoms with Gasteiger partial charge in [-0.15, -0.1) is 0 Å². The third kappa shape index (κ3) is 3.69. The van der Waals surface area contributed by atoms with Gasteiger partial charge in [0.2, 0.25) is 5.12 Å². The van der Waals surface area contributed by atoms with Crippen molar-refractivity contribution in [3.05, 3.63) is 60.2 Å². The van der Waals surface area contributed by atoms with E-state index in [1.165, 1.54) is 6.92 Å². The molecule has 3 nitrogen and oxygen atoms in total. The molecule has 0 spiro atoms. The predicted octanol–water partition coefficient (Wildman–Crippen LogP) is 3.54. The molecule has 0 heterocycles. The Labute approximate surface area is 115 Å². The second-order valence-electron chi connectivity index (χ2n) is 3.79. The van der Waals surface area contributed by atoms with Crippen LogP contribution in [0.2, 0.25) is 0 Å². The highest BCUT2D eigenvalue weighted by Gasteiger charge is 2.14. The van der Waals surface area contributed by atoms with Crippen LogP contribution in [0.3, 0.4) is 0 Å². The molecular formula is C15H12O3S. The maximum absolute atomic E-state index is 12.2. The molecule has 0 aliphatic heterocycles. The molecule has 0 unspecified atom stereocenters. The molecule has 96 valence electrons. The highest BCUT2D eigenvalue weighted by Crippen LogP contribution is 2.27. The third-order valence-corrected chi connectivity index (χ3v) is 3.23. The molecule has 0 saturated heterocycles. The maximum atomic E-state index is 12.2. The standard InChI is InChI=1S/C15H12O3S/c1-11(16)18-14-10-6-5-9-13(14)15(17)19-12-7-3-2-4-8-12/h2-10H,1H3. The monoisotopic (exact) mass is 272 g/mol. The van der Waals surface area contributed by atoms with Crippen LogP contribution in [0.15, 0.2) is 59.5 Å². The van der Waals surface area contributed by atoms with Crippen molar-refractivity contribution in [1.82, 2.24) is 0 Å². The predicted molar refractivity (Wildman–Crippen MR) is 74.4 cm³/mol. The zero-order chi connectivity index (χ0) is 13.7. The van der Waals surface area contributed by atoms with Crippen molar-refractivity contribution >= 4 is 22.8 Å². The summed E-state index contributed by atoms with van der Waals surface area (Å²) >= 11 is 1.11. The van der Waals surface area contributed by atoms with Crippen LogP contribution in [0.25, 0.3) is 0 Å². The van der Waals surface area contributed by atoms with E-state index in [1.54, 1.807) is 24.3 Å². The summed E-state index contributed by atoms with van der Waals surface area (Å²) in [5, 5.41) is -0.150. The van der Waals surface area contributed by atoms with Gasteiger partial charge in [-0.05, 0) is 36.0 Å². The molecule has 0 N–H and O–H groups in total. The third-order valence-electron chi connectivity index (χ3n) is 2.31. The van der Waals surface area contributed by atoms with Gasteiger partial charge in [-0.25, -0.2) is 0 Å². The van der Waals surface area contributed by atoms with E-state index in [-0.39, 0.29) is 5.12 Å². The summed E-state index contributed by atoms with van der Waals surface area (Å²) in [6.07, 6.45) is 0. The van der Waals surface area contributed by atoms with Crippen molar-refractivity contribution in [3.8, 4) is 5.75 Å². The van der Waals surface area contributed by atoms with E-state index in [9.17, 15) is 9.59 Å². The Kier molecular flexibility index (Phi) is 4.36. The van der Waals surface area contributed by atoms with Gasteiger partial charge < -0.3 is 4.74 Å². The Morgan fingerprint density at radius 1 is 0.947 bits per heavy atom. The fraction of sp³-hybridized carbons (Fsp3) is 0.0667. The molecule has 0 bridgehead atoms. The quantitative estimate of drug-likeness (QED) is 0.487. The smallest absolute Gasteiger partial charge is 0.308 e. The first kappa shape index (κ1) is 13.4. The van der Waals surface area contributed by atoms with Gasteiger partial charge >= 0.3 is 5.97 Å². The Bertz CT molecular complexity index is 593. The van der Waals surface area contributed by atoms with Gasteiger partial charge in [0.15, 0.2) is 0 Å². The lowest BCUT2D eigenvalue weighted by Gasteiger charge is -2.07. The molecule has 0 saturated carbocycles. The van der Waals surface area contributed by atoms with Crippen LogP contribution in [0.5, 0.6) is 5.75 Å². The molecule has 0 amide bonds. The lowest BCUT2D eigenvalue weighted by Crippen LogP contribution is -2.05. The summed E-state index contributed by atoms with van der Waals surface area (Å²) in [6.45, 7) is 1.31. The molecule has 0 atom stereocenters. The summed E-state index contributed by atoms with van der Waals surface area (Å²) < 4.78 is 5.03. The minimum absolute atomic E-state index is 0.150. The van der Waals surface area contributed by atoms with Crippen molar-refractivity contribution in [2.75, 3.05) is 0 Å². The number of rotatable bonds is 3. The Morgan fingerprint density at radius 3 is 2.26 bits per heavy atom. The minimum atomic E-state index is -0.440. The second-order valence-corrected chi connectivity index (χ2v) is 4.84. The Balaban J connectivity index is 2.21. The first-order valence-corrected chi connectivity index (χ1v) is 6.53. The van der Waals surface area contributed by atoms with E-state index in [2.05, 4.69) is 0 Å². The van der Waals surface area contributed by atoms with Crippen LogP contribution in [0.1, 0.15) is 17.3 Å². The van der Waals surface area contributed by atoms with Gasteiger partial charge in [0.05, 0.1) is 5.56 Å². The number of ether oxygens (including phenoxy) is 1. The topological polar surface area (TPSA) is 43.4 Å². The van der Waals surface area contributed by atoms with Crippen LogP contribution >= 0.6 is 11.8 Å². The van der Waals surface area contributed by atoms with E-state index in [4.69, 9.17) is 4.74 Å². The lowest BCUT2D eigenvalue weighted by molar-refractivity contribution is -0.131. The molecule has 4 heteroatoms. The summed E-state index contributed by atoms with van der Waals surface area (Å²) in [5.41, 5.74) is 0.395. The maximum Gasteiger partial charge on any atom is 0.308 e. The fourth-order valence-corrected chi connectivity index (χ4v) is 2.32. The number of carbonyl (C=O) groups is 2. The molecular weight excluding hydrogens is 260 g/mol. The molecule has 0 fully saturated rings. The summed E-state index contributed by atoms with van der Waals surface area (Å²) in [7, 11) is 0. The van der Waals surface area contributed by atoms with E-state index in [0.717, 1.165) is 16.7 Å². The SMILES string of the molecule is CC(=O)Oc1ccccc1C(=O)Sc1ccccc1. The van der Waals surface area contributed by atoms with Crippen LogP contribution in [0.4, 0.5) is 0 Å². The van der Waals surface area contributed by atoms with Crippen LogP contribution in [0, 0.1) is 0 Å². The fourth-order valence-electron chi connectivity index (χ4n) is 1.53. The van der Waals surface area contributed by atoms with Crippen LogP contribution in [-0.2, 0) is 4.79 Å². The summed E-state index contributed by atoms with van der Waals surface area (Å²) in [5.74, 6) is -0.145. The number of para-hydroxylation sites is 1. The number of hydrogen-bond acceptors (Lipinski definition) is 4. The zero-order valence-corrected chi connectivity index (χ0v) is 11.1. The van der Waals surface area contributed by atoms with Crippen molar-refractivity contribution in [2.24, 2.45) is 0 Å². The molecule has 0 aliphatic rings. The highest BCUT2D eigenvalue weighted by atomic mass is 32.2. The van der Waals surface area contributed by atoms with E-state index in [0.29, 0.717) is 11.3 Å². The largest absolute Gasteiger partial charge is 0.426 e. The van der Waals surface area contributed by atoms with E-state index in [1.807, 2.05) is 30.3 Å². The van der Waals surface area contributed by atoms with E-state index < -0.39 is 5.97 Å². The van der Waals surface area contributed by atoms with Gasteiger partial charge in [0.25, 0.3) is 0 Å². The van der Waals surface area contributed by atoms with Gasteiger partial charge in [-0.2, -0.15) is 0 Å². The average Bonchev–Trinajstić information content (AvgIpc) is 2.39. The summed E-state index contributed by atoms with van der Waals surface area (Å²) in [6, 6.07) is 16.1. The highest BCUT2D eigenvalue weighted by molar-refractivity contribution is 8.14. The van der Waals surface area contributed by atoms with Crippen molar-refractivity contribution in [1.29, 1.82) is 0 Å². The number of esters is 1. The molecule has 0 aromatic heterocycles. The molecule has 19 heavy (non-hydrogen) atoms. The van der Waals surface area contributed by atoms with Gasteiger partial charge in [-0.3, -0.25) is 9.59 Å². The number of thioether (sulfide) groups is 1. The van der Waals surface area contributed by atoms with Gasteiger partial charge in [-0.1, -0.05) is 30.3 Å². The van der Waals surface area contributed by atoms with Gasteiger partial charge in [0.1, 0.15) is 5.75 Å². The molecule has 0 aliphatic carbocycles. The Hall–Kier alpha value is -2.07.